The van der Waals surface area contributed by atoms with Crippen LogP contribution >= 0.6 is 0 Å². The summed E-state index contributed by atoms with van der Waals surface area (Å²) >= 11 is 0. The van der Waals surface area contributed by atoms with Crippen LogP contribution in [0.15, 0.2) is 12.3 Å². The van der Waals surface area contributed by atoms with E-state index in [1.807, 2.05) is 0 Å². The molecule has 1 aliphatic carbocycles. The van der Waals surface area contributed by atoms with Gasteiger partial charge in [0.15, 0.2) is 0 Å². The Morgan fingerprint density at radius 2 is 2.27 bits per heavy atom. The molecule has 0 aromatic carbocycles. The van der Waals surface area contributed by atoms with E-state index in [0.717, 1.165) is 18.9 Å². The lowest BCUT2D eigenvalue weighted by atomic mass is 10.1. The third-order valence-corrected chi connectivity index (χ3v) is 2.95. The first-order valence-electron chi connectivity index (χ1n) is 5.43. The number of rotatable bonds is 4. The largest absolute Gasteiger partial charge is 0.466 e. The average Bonchev–Trinajstić information content (AvgIpc) is 2.99. The summed E-state index contributed by atoms with van der Waals surface area (Å²) in [6, 6.07) is 0.360. The van der Waals surface area contributed by atoms with E-state index in [1.54, 1.807) is 6.20 Å². The number of methoxy groups -OCH3 is 1. The van der Waals surface area contributed by atoms with Crippen molar-refractivity contribution in [2.24, 2.45) is 5.92 Å². The van der Waals surface area contributed by atoms with E-state index < -0.39 is 0 Å². The van der Waals surface area contributed by atoms with Crippen molar-refractivity contribution in [3.63, 3.8) is 0 Å². The monoisotopic (exact) mass is 211 g/mol. The van der Waals surface area contributed by atoms with Crippen LogP contribution in [-0.2, 0) is 14.3 Å². The van der Waals surface area contributed by atoms with E-state index in [1.165, 1.54) is 26.0 Å². The number of hydrogen-bond donors (Lipinski definition) is 1. The van der Waals surface area contributed by atoms with Crippen LogP contribution in [0.25, 0.3) is 0 Å². The van der Waals surface area contributed by atoms with Gasteiger partial charge in [-0.2, -0.15) is 0 Å². The van der Waals surface area contributed by atoms with Crippen LogP contribution in [0.1, 0.15) is 19.3 Å². The smallest absolute Gasteiger partial charge is 0.331 e. The fourth-order valence-electron chi connectivity index (χ4n) is 1.99. The Kier molecular flexibility index (Phi) is 3.26. The Morgan fingerprint density at radius 1 is 1.47 bits per heavy atom. The predicted octanol–water partition coefficient (Wildman–Crippen LogP) is 0.830. The third-order valence-electron chi connectivity index (χ3n) is 2.95. The van der Waals surface area contributed by atoms with Gasteiger partial charge in [-0.1, -0.05) is 0 Å². The van der Waals surface area contributed by atoms with E-state index in [9.17, 15) is 4.79 Å². The van der Waals surface area contributed by atoms with E-state index in [0.29, 0.717) is 12.1 Å². The molecule has 2 aliphatic rings. The molecular formula is C11H17NO3. The highest BCUT2D eigenvalue weighted by Gasteiger charge is 2.40. The number of carbonyl (C=O) groups excluding carboxylic acids is 1. The van der Waals surface area contributed by atoms with Crippen LogP contribution in [0, 0.1) is 5.92 Å². The molecule has 0 bridgehead atoms. The predicted molar refractivity (Wildman–Crippen MR) is 55.2 cm³/mol. The molecule has 1 heterocycles. The van der Waals surface area contributed by atoms with Crippen molar-refractivity contribution in [3.8, 4) is 0 Å². The molecule has 15 heavy (non-hydrogen) atoms. The van der Waals surface area contributed by atoms with Gasteiger partial charge in [-0.15, -0.1) is 0 Å². The summed E-state index contributed by atoms with van der Waals surface area (Å²) in [7, 11) is 1.37. The lowest BCUT2D eigenvalue weighted by Gasteiger charge is -2.17. The Balaban J connectivity index is 1.78. The van der Waals surface area contributed by atoms with Gasteiger partial charge in [-0.05, 0) is 25.2 Å². The summed E-state index contributed by atoms with van der Waals surface area (Å²) in [5.41, 5.74) is 0. The van der Waals surface area contributed by atoms with Gasteiger partial charge in [0, 0.05) is 18.9 Å². The second-order valence-electron chi connectivity index (χ2n) is 4.09. The van der Waals surface area contributed by atoms with Crippen LogP contribution < -0.4 is 5.32 Å². The number of nitrogens with one attached hydrogen (secondary N) is 1. The molecule has 4 nitrogen and oxygen atoms in total. The van der Waals surface area contributed by atoms with Gasteiger partial charge < -0.3 is 14.8 Å². The van der Waals surface area contributed by atoms with Crippen LogP contribution in [0.3, 0.4) is 0 Å². The van der Waals surface area contributed by atoms with Gasteiger partial charge >= 0.3 is 5.97 Å². The Morgan fingerprint density at radius 3 is 2.93 bits per heavy atom. The molecule has 1 saturated carbocycles. The molecular weight excluding hydrogens is 194 g/mol. The Hall–Kier alpha value is -1.03. The standard InChI is InChI=1S/C11H17NO3/c1-14-10(13)4-6-12-9-5-7-15-11(9)8-2-3-8/h4,6,8-9,11-12H,2-3,5,7H2,1H3/b6-4+. The summed E-state index contributed by atoms with van der Waals surface area (Å²) < 4.78 is 10.2. The Bertz CT molecular complexity index is 261. The van der Waals surface area contributed by atoms with E-state index in [4.69, 9.17) is 4.74 Å². The molecule has 1 saturated heterocycles. The van der Waals surface area contributed by atoms with Crippen LogP contribution in [0.4, 0.5) is 0 Å². The van der Waals surface area contributed by atoms with Crippen molar-refractivity contribution in [3.05, 3.63) is 12.3 Å². The molecule has 0 radical (unpaired) electrons. The molecule has 4 heteroatoms. The van der Waals surface area contributed by atoms with Gasteiger partial charge in [0.05, 0.1) is 19.3 Å². The first-order valence-corrected chi connectivity index (χ1v) is 5.43. The summed E-state index contributed by atoms with van der Waals surface area (Å²) in [6.45, 7) is 0.824. The topological polar surface area (TPSA) is 47.6 Å². The number of carbonyl (C=O) groups is 1. The fraction of sp³-hybridized carbons (Fsp3) is 0.727. The first-order chi connectivity index (χ1) is 7.31. The third kappa shape index (κ3) is 2.72. The maximum absolute atomic E-state index is 10.8. The molecule has 2 unspecified atom stereocenters. The summed E-state index contributed by atoms with van der Waals surface area (Å²) in [5, 5.41) is 3.21. The van der Waals surface area contributed by atoms with E-state index in [-0.39, 0.29) is 5.97 Å². The van der Waals surface area contributed by atoms with Crippen LogP contribution in [-0.4, -0.2) is 31.8 Å². The molecule has 0 amide bonds. The second kappa shape index (κ2) is 4.66. The minimum absolute atomic E-state index is 0.329. The molecule has 0 spiro atoms. The maximum Gasteiger partial charge on any atom is 0.331 e. The van der Waals surface area contributed by atoms with Crippen molar-refractivity contribution >= 4 is 5.97 Å². The number of hydrogen-bond acceptors (Lipinski definition) is 4. The molecule has 2 atom stereocenters. The lowest BCUT2D eigenvalue weighted by molar-refractivity contribution is -0.134. The van der Waals surface area contributed by atoms with Crippen LogP contribution in [0.2, 0.25) is 0 Å². The van der Waals surface area contributed by atoms with Gasteiger partial charge in [-0.25, -0.2) is 4.79 Å². The lowest BCUT2D eigenvalue weighted by Crippen LogP contribution is -2.34. The molecule has 0 aromatic heterocycles. The highest BCUT2D eigenvalue weighted by Crippen LogP contribution is 2.38. The zero-order chi connectivity index (χ0) is 10.7. The molecule has 1 aliphatic heterocycles. The van der Waals surface area contributed by atoms with Crippen molar-refractivity contribution in [1.82, 2.24) is 5.32 Å². The van der Waals surface area contributed by atoms with Crippen molar-refractivity contribution in [1.29, 1.82) is 0 Å². The highest BCUT2D eigenvalue weighted by atomic mass is 16.5. The second-order valence-corrected chi connectivity index (χ2v) is 4.09. The van der Waals surface area contributed by atoms with Crippen molar-refractivity contribution in [2.45, 2.75) is 31.4 Å². The zero-order valence-corrected chi connectivity index (χ0v) is 8.94. The van der Waals surface area contributed by atoms with E-state index >= 15 is 0 Å². The summed E-state index contributed by atoms with van der Waals surface area (Å²) in [6.07, 6.45) is 7.00. The SMILES string of the molecule is COC(=O)/C=C/NC1CCOC1C1CC1. The summed E-state index contributed by atoms with van der Waals surface area (Å²) in [4.78, 5) is 10.8. The zero-order valence-electron chi connectivity index (χ0n) is 8.94. The van der Waals surface area contributed by atoms with E-state index in [2.05, 4.69) is 10.1 Å². The summed E-state index contributed by atoms with van der Waals surface area (Å²) in [5.74, 6) is 0.404. The van der Waals surface area contributed by atoms with Crippen molar-refractivity contribution < 1.29 is 14.3 Å². The Labute approximate surface area is 89.6 Å². The minimum atomic E-state index is -0.329. The van der Waals surface area contributed by atoms with Crippen LogP contribution in [0.5, 0.6) is 0 Å². The minimum Gasteiger partial charge on any atom is -0.466 e. The first kappa shape index (κ1) is 10.5. The molecule has 0 aromatic rings. The highest BCUT2D eigenvalue weighted by molar-refractivity contribution is 5.81. The average molecular weight is 211 g/mol. The van der Waals surface area contributed by atoms with Gasteiger partial charge in [0.2, 0.25) is 0 Å². The van der Waals surface area contributed by atoms with Gasteiger partial charge in [0.25, 0.3) is 0 Å². The molecule has 1 N–H and O–H groups in total. The normalized spacial score (nSPS) is 30.7. The van der Waals surface area contributed by atoms with Gasteiger partial charge in [0.1, 0.15) is 0 Å². The number of esters is 1. The quantitative estimate of drug-likeness (QED) is 0.552. The van der Waals surface area contributed by atoms with Gasteiger partial charge in [-0.3, -0.25) is 0 Å². The molecule has 84 valence electrons. The fourth-order valence-corrected chi connectivity index (χ4v) is 1.99. The maximum atomic E-state index is 10.8. The molecule has 2 fully saturated rings. The number of ether oxygens (including phenoxy) is 2. The van der Waals surface area contributed by atoms with Crippen molar-refractivity contribution in [2.75, 3.05) is 13.7 Å². The molecule has 2 rings (SSSR count).